The fourth-order valence-electron chi connectivity index (χ4n) is 2.77. The van der Waals surface area contributed by atoms with Crippen LogP contribution in [-0.2, 0) is 11.8 Å². The minimum Gasteiger partial charge on any atom is -0.490 e. The van der Waals surface area contributed by atoms with E-state index in [0.29, 0.717) is 5.56 Å². The maximum atomic E-state index is 11.7. The van der Waals surface area contributed by atoms with Gasteiger partial charge in [-0.2, -0.15) is 0 Å². The van der Waals surface area contributed by atoms with Crippen LogP contribution in [0, 0.1) is 10.1 Å². The lowest BCUT2D eigenvalue weighted by atomic mass is 10.1. The third-order valence-corrected chi connectivity index (χ3v) is 3.93. The van der Waals surface area contributed by atoms with Gasteiger partial charge in [0.15, 0.2) is 5.75 Å². The number of hydrogen-bond acceptors (Lipinski definition) is 5. The zero-order chi connectivity index (χ0) is 16.7. The van der Waals surface area contributed by atoms with Crippen molar-refractivity contribution in [1.82, 2.24) is 4.57 Å². The van der Waals surface area contributed by atoms with Crippen molar-refractivity contribution < 1.29 is 19.2 Å². The number of nitrogens with zero attached hydrogens (tertiary/aromatic N) is 2. The molecule has 7 heteroatoms. The van der Waals surface area contributed by atoms with Crippen molar-refractivity contribution in [1.29, 1.82) is 0 Å². The first-order chi connectivity index (χ1) is 11.0. The summed E-state index contributed by atoms with van der Waals surface area (Å²) in [6.07, 6.45) is 0. The number of carbonyl (C=O) groups is 1. The highest BCUT2D eigenvalue weighted by atomic mass is 16.6. The third-order valence-electron chi connectivity index (χ3n) is 3.93. The minimum atomic E-state index is -0.472. The van der Waals surface area contributed by atoms with Gasteiger partial charge < -0.3 is 14.0 Å². The zero-order valence-corrected chi connectivity index (χ0v) is 12.8. The van der Waals surface area contributed by atoms with Crippen molar-refractivity contribution in [3.63, 3.8) is 0 Å². The average Bonchev–Trinajstić information content (AvgIpc) is 2.84. The van der Waals surface area contributed by atoms with E-state index in [-0.39, 0.29) is 11.4 Å². The van der Waals surface area contributed by atoms with Gasteiger partial charge in [-0.1, -0.05) is 6.07 Å². The Labute approximate surface area is 131 Å². The Balaban J connectivity index is 2.38. The van der Waals surface area contributed by atoms with Gasteiger partial charge in [0.05, 0.1) is 30.2 Å². The van der Waals surface area contributed by atoms with E-state index in [1.54, 1.807) is 24.3 Å². The van der Waals surface area contributed by atoms with Gasteiger partial charge in [0.1, 0.15) is 0 Å². The van der Waals surface area contributed by atoms with E-state index < -0.39 is 10.9 Å². The van der Waals surface area contributed by atoms with Crippen LogP contribution in [0.25, 0.3) is 21.8 Å². The van der Waals surface area contributed by atoms with Crippen LogP contribution in [0.15, 0.2) is 30.3 Å². The molecule has 0 spiro atoms. The predicted molar refractivity (Wildman–Crippen MR) is 85.0 cm³/mol. The summed E-state index contributed by atoms with van der Waals surface area (Å²) in [5.41, 5.74) is 1.90. The fraction of sp³-hybridized carbons (Fsp3) is 0.188. The molecule has 0 bridgehead atoms. The van der Waals surface area contributed by atoms with Crippen LogP contribution in [-0.4, -0.2) is 29.7 Å². The van der Waals surface area contributed by atoms with Crippen molar-refractivity contribution in [2.75, 3.05) is 14.2 Å². The Hall–Kier alpha value is -3.09. The molecule has 2 aromatic carbocycles. The molecule has 3 aromatic rings. The highest BCUT2D eigenvalue weighted by Crippen LogP contribution is 2.37. The van der Waals surface area contributed by atoms with Gasteiger partial charge in [0, 0.05) is 35.5 Å². The van der Waals surface area contributed by atoms with Crippen molar-refractivity contribution in [3.8, 4) is 5.75 Å². The molecule has 0 aliphatic rings. The van der Waals surface area contributed by atoms with Crippen LogP contribution in [0.3, 0.4) is 0 Å². The highest BCUT2D eigenvalue weighted by molar-refractivity contribution is 6.10. The van der Waals surface area contributed by atoms with Gasteiger partial charge in [0.2, 0.25) is 0 Å². The number of aryl methyl sites for hydroxylation is 1. The van der Waals surface area contributed by atoms with Crippen molar-refractivity contribution in [2.45, 2.75) is 0 Å². The lowest BCUT2D eigenvalue weighted by Crippen LogP contribution is -2.01. The first-order valence-corrected chi connectivity index (χ1v) is 6.80. The molecule has 0 aliphatic carbocycles. The summed E-state index contributed by atoms with van der Waals surface area (Å²) >= 11 is 0. The molecule has 0 saturated carbocycles. The number of esters is 1. The van der Waals surface area contributed by atoms with Crippen LogP contribution < -0.4 is 4.74 Å². The lowest BCUT2D eigenvalue weighted by molar-refractivity contribution is -0.385. The van der Waals surface area contributed by atoms with Crippen LogP contribution >= 0.6 is 0 Å². The van der Waals surface area contributed by atoms with Gasteiger partial charge >= 0.3 is 11.7 Å². The maximum Gasteiger partial charge on any atom is 0.337 e. The minimum absolute atomic E-state index is 0.0930. The molecular formula is C16H14N2O5. The molecule has 1 heterocycles. The lowest BCUT2D eigenvalue weighted by Gasteiger charge is -2.03. The number of methoxy groups -OCH3 is 2. The number of fused-ring (bicyclic) bond motifs is 3. The molecule has 0 radical (unpaired) electrons. The normalized spacial score (nSPS) is 10.9. The van der Waals surface area contributed by atoms with E-state index in [2.05, 4.69) is 0 Å². The van der Waals surface area contributed by atoms with E-state index in [4.69, 9.17) is 9.47 Å². The van der Waals surface area contributed by atoms with Crippen LogP contribution in [0.5, 0.6) is 5.75 Å². The molecule has 0 aliphatic heterocycles. The first-order valence-electron chi connectivity index (χ1n) is 6.80. The van der Waals surface area contributed by atoms with Gasteiger partial charge in [-0.15, -0.1) is 0 Å². The SMILES string of the molecule is COC(=O)c1ccc2c3cc([N+](=O)[O-])c(OC)cc3n(C)c2c1. The Morgan fingerprint density at radius 2 is 1.83 bits per heavy atom. The van der Waals surface area contributed by atoms with E-state index in [1.165, 1.54) is 20.3 Å². The Morgan fingerprint density at radius 3 is 2.43 bits per heavy atom. The van der Waals surface area contributed by atoms with Crippen LogP contribution in [0.1, 0.15) is 10.4 Å². The molecule has 23 heavy (non-hydrogen) atoms. The summed E-state index contributed by atoms with van der Waals surface area (Å²) in [6, 6.07) is 8.24. The molecule has 0 fully saturated rings. The van der Waals surface area contributed by atoms with Gasteiger partial charge in [0.25, 0.3) is 0 Å². The van der Waals surface area contributed by atoms with Gasteiger partial charge in [-0.25, -0.2) is 4.79 Å². The Kier molecular flexibility index (Phi) is 3.40. The van der Waals surface area contributed by atoms with E-state index in [1.807, 2.05) is 11.6 Å². The molecule has 7 nitrogen and oxygen atoms in total. The number of aromatic nitrogens is 1. The maximum absolute atomic E-state index is 11.7. The Morgan fingerprint density at radius 1 is 1.13 bits per heavy atom. The molecule has 1 aromatic heterocycles. The summed E-state index contributed by atoms with van der Waals surface area (Å²) in [5.74, 6) is -0.234. The number of hydrogen-bond donors (Lipinski definition) is 0. The van der Waals surface area contributed by atoms with Crippen molar-refractivity contribution in [3.05, 3.63) is 46.0 Å². The second kappa shape index (κ2) is 5.28. The van der Waals surface area contributed by atoms with Crippen LogP contribution in [0.4, 0.5) is 5.69 Å². The van der Waals surface area contributed by atoms with Gasteiger partial charge in [-0.3, -0.25) is 10.1 Å². The smallest absolute Gasteiger partial charge is 0.337 e. The third kappa shape index (κ3) is 2.17. The average molecular weight is 314 g/mol. The zero-order valence-electron chi connectivity index (χ0n) is 12.8. The standard InChI is InChI=1S/C16H14N2O5/c1-17-12-6-9(16(19)23-3)4-5-10(12)11-7-14(18(20)21)15(22-2)8-13(11)17/h4-8H,1-3H3. The molecule has 3 rings (SSSR count). The number of benzene rings is 2. The second-order valence-corrected chi connectivity index (χ2v) is 5.08. The summed E-state index contributed by atoms with van der Waals surface area (Å²) in [5, 5.41) is 12.8. The molecule has 0 N–H and O–H groups in total. The van der Waals surface area contributed by atoms with Crippen molar-refractivity contribution in [2.24, 2.45) is 7.05 Å². The summed E-state index contributed by atoms with van der Waals surface area (Å²) in [4.78, 5) is 22.4. The summed E-state index contributed by atoms with van der Waals surface area (Å²) in [7, 11) is 4.55. The monoisotopic (exact) mass is 314 g/mol. The number of nitro groups is 1. The summed E-state index contributed by atoms with van der Waals surface area (Å²) < 4.78 is 11.7. The molecule has 0 saturated heterocycles. The van der Waals surface area contributed by atoms with Gasteiger partial charge in [-0.05, 0) is 12.1 Å². The molecule has 0 atom stereocenters. The van der Waals surface area contributed by atoms with E-state index in [9.17, 15) is 14.9 Å². The fourth-order valence-corrected chi connectivity index (χ4v) is 2.77. The molecular weight excluding hydrogens is 300 g/mol. The number of rotatable bonds is 3. The first kappa shape index (κ1) is 14.8. The highest BCUT2D eigenvalue weighted by Gasteiger charge is 2.20. The molecule has 0 amide bonds. The summed E-state index contributed by atoms with van der Waals surface area (Å²) in [6.45, 7) is 0. The number of nitro benzene ring substituents is 1. The largest absolute Gasteiger partial charge is 0.490 e. The molecule has 118 valence electrons. The Bertz CT molecular complexity index is 958. The van der Waals surface area contributed by atoms with Crippen molar-refractivity contribution >= 4 is 33.5 Å². The predicted octanol–water partition coefficient (Wildman–Crippen LogP) is 3.03. The quantitative estimate of drug-likeness (QED) is 0.421. The topological polar surface area (TPSA) is 83.6 Å². The molecule has 0 unspecified atom stereocenters. The number of carbonyl (C=O) groups excluding carboxylic acids is 1. The number of ether oxygens (including phenoxy) is 2. The second-order valence-electron chi connectivity index (χ2n) is 5.08. The van der Waals surface area contributed by atoms with E-state index in [0.717, 1.165) is 21.8 Å². The van der Waals surface area contributed by atoms with Crippen LogP contribution in [0.2, 0.25) is 0 Å². The van der Waals surface area contributed by atoms with E-state index >= 15 is 0 Å².